The maximum absolute atomic E-state index is 12.8. The first-order chi connectivity index (χ1) is 14.0. The van der Waals surface area contributed by atoms with Crippen LogP contribution in [0.15, 0.2) is 56.1 Å². The van der Waals surface area contributed by atoms with Gasteiger partial charge in [0.2, 0.25) is 11.2 Å². The highest BCUT2D eigenvalue weighted by Crippen LogP contribution is 2.28. The van der Waals surface area contributed by atoms with Gasteiger partial charge in [-0.3, -0.25) is 4.79 Å². The van der Waals surface area contributed by atoms with Gasteiger partial charge in [0, 0.05) is 10.5 Å². The molecule has 152 valence electrons. The lowest BCUT2D eigenvalue weighted by molar-refractivity contribution is -0.146. The lowest BCUT2D eigenvalue weighted by Gasteiger charge is -2.10. The number of benzene rings is 2. The molecule has 3 rings (SSSR count). The largest absolute Gasteiger partial charge is 0.482 e. The number of esters is 1. The second-order valence-corrected chi connectivity index (χ2v) is 7.31. The molecule has 1 heterocycles. The van der Waals surface area contributed by atoms with Crippen LogP contribution in [0.4, 0.5) is 0 Å². The van der Waals surface area contributed by atoms with Crippen LogP contribution in [0.2, 0.25) is 0 Å². The van der Waals surface area contributed by atoms with E-state index in [0.717, 1.165) is 17.3 Å². The number of aryl methyl sites for hydroxylation is 1. The van der Waals surface area contributed by atoms with Gasteiger partial charge in [-0.2, -0.15) is 0 Å². The Kier molecular flexibility index (Phi) is 6.93. The van der Waals surface area contributed by atoms with E-state index in [1.807, 2.05) is 19.1 Å². The van der Waals surface area contributed by atoms with Gasteiger partial charge in [0.05, 0.1) is 12.0 Å². The van der Waals surface area contributed by atoms with Crippen LogP contribution in [0.25, 0.3) is 11.0 Å². The van der Waals surface area contributed by atoms with Crippen molar-refractivity contribution >= 4 is 32.9 Å². The van der Waals surface area contributed by atoms with Gasteiger partial charge in [-0.05, 0) is 49.7 Å². The van der Waals surface area contributed by atoms with E-state index in [4.69, 9.17) is 18.6 Å². The van der Waals surface area contributed by atoms with Crippen molar-refractivity contribution < 1.29 is 23.4 Å². The van der Waals surface area contributed by atoms with Crippen molar-refractivity contribution in [1.82, 2.24) is 0 Å². The Morgan fingerprint density at radius 1 is 1.10 bits per heavy atom. The predicted octanol–water partition coefficient (Wildman–Crippen LogP) is 5.38. The van der Waals surface area contributed by atoms with Crippen molar-refractivity contribution in [3.63, 3.8) is 0 Å². The number of fused-ring (bicyclic) bond motifs is 1. The van der Waals surface area contributed by atoms with Crippen molar-refractivity contribution in [3.8, 4) is 17.2 Å². The fourth-order valence-corrected chi connectivity index (χ4v) is 2.88. The van der Waals surface area contributed by atoms with Crippen molar-refractivity contribution in [3.05, 3.63) is 62.9 Å². The Bertz CT molecular complexity index is 1060. The number of carbonyl (C=O) groups excluding carboxylic acids is 1. The van der Waals surface area contributed by atoms with Crippen LogP contribution >= 0.6 is 15.9 Å². The average molecular weight is 461 g/mol. The van der Waals surface area contributed by atoms with Gasteiger partial charge in [-0.25, -0.2) is 4.79 Å². The molecule has 1 aromatic heterocycles. The van der Waals surface area contributed by atoms with Gasteiger partial charge in [0.25, 0.3) is 0 Å². The summed E-state index contributed by atoms with van der Waals surface area (Å²) in [5, 5.41) is 0.362. The molecule has 0 N–H and O–H groups in total. The Morgan fingerprint density at radius 3 is 2.55 bits per heavy atom. The molecule has 0 fully saturated rings. The third-order valence-electron chi connectivity index (χ3n) is 4.14. The van der Waals surface area contributed by atoms with Crippen LogP contribution in [0.3, 0.4) is 0 Å². The van der Waals surface area contributed by atoms with Crippen LogP contribution in [0.5, 0.6) is 17.2 Å². The molecular formula is C22H21BrO6. The Labute approximate surface area is 176 Å². The van der Waals surface area contributed by atoms with Crippen LogP contribution in [-0.2, 0) is 9.53 Å². The van der Waals surface area contributed by atoms with Crippen LogP contribution in [0, 0.1) is 6.92 Å². The summed E-state index contributed by atoms with van der Waals surface area (Å²) in [5.74, 6) is 0.988. The molecule has 0 saturated carbocycles. The molecular weight excluding hydrogens is 440 g/mol. The van der Waals surface area contributed by atoms with E-state index in [9.17, 15) is 9.59 Å². The lowest BCUT2D eigenvalue weighted by atomic mass is 10.2. The second-order valence-electron chi connectivity index (χ2n) is 6.39. The fraction of sp³-hybridized carbons (Fsp3) is 0.273. The summed E-state index contributed by atoms with van der Waals surface area (Å²) >= 11 is 3.36. The zero-order valence-corrected chi connectivity index (χ0v) is 17.8. The van der Waals surface area contributed by atoms with Crippen molar-refractivity contribution in [1.29, 1.82) is 0 Å². The van der Waals surface area contributed by atoms with E-state index >= 15 is 0 Å². The second kappa shape index (κ2) is 9.60. The highest BCUT2D eigenvalue weighted by atomic mass is 79.9. The first-order valence-corrected chi connectivity index (χ1v) is 10.1. The Hall–Kier alpha value is -2.80. The van der Waals surface area contributed by atoms with Gasteiger partial charge in [-0.1, -0.05) is 29.3 Å². The van der Waals surface area contributed by atoms with Gasteiger partial charge in [0.15, 0.2) is 6.61 Å². The summed E-state index contributed by atoms with van der Waals surface area (Å²) in [6.45, 7) is 3.85. The zero-order chi connectivity index (χ0) is 20.8. The molecule has 0 radical (unpaired) electrons. The number of carbonyl (C=O) groups is 1. The molecule has 0 aliphatic carbocycles. The first-order valence-electron chi connectivity index (χ1n) is 9.27. The molecule has 2 aromatic carbocycles. The predicted molar refractivity (Wildman–Crippen MR) is 113 cm³/mol. The lowest BCUT2D eigenvalue weighted by Crippen LogP contribution is -2.15. The third-order valence-corrected chi connectivity index (χ3v) is 4.67. The third kappa shape index (κ3) is 5.38. The molecule has 29 heavy (non-hydrogen) atoms. The summed E-state index contributed by atoms with van der Waals surface area (Å²) in [4.78, 5) is 24.5. The van der Waals surface area contributed by atoms with E-state index in [1.54, 1.807) is 37.3 Å². The van der Waals surface area contributed by atoms with Gasteiger partial charge in [0.1, 0.15) is 22.8 Å². The molecule has 0 aliphatic heterocycles. The minimum absolute atomic E-state index is 0.132. The number of hydrogen-bond donors (Lipinski definition) is 0. The number of halogens is 1. The van der Waals surface area contributed by atoms with Crippen LogP contribution < -0.4 is 14.9 Å². The smallest absolute Gasteiger partial charge is 0.344 e. The Morgan fingerprint density at radius 2 is 1.83 bits per heavy atom. The molecule has 0 unspecified atom stereocenters. The van der Waals surface area contributed by atoms with E-state index < -0.39 is 5.97 Å². The minimum atomic E-state index is -0.436. The molecule has 7 heteroatoms. The molecule has 0 amide bonds. The number of rotatable bonds is 8. The summed E-state index contributed by atoms with van der Waals surface area (Å²) in [6.07, 6.45) is 1.77. The summed E-state index contributed by atoms with van der Waals surface area (Å²) in [7, 11) is 0. The number of hydrogen-bond acceptors (Lipinski definition) is 6. The first kappa shape index (κ1) is 20.9. The van der Waals surface area contributed by atoms with Gasteiger partial charge in [-0.15, -0.1) is 0 Å². The van der Waals surface area contributed by atoms with Crippen molar-refractivity contribution in [2.75, 3.05) is 13.2 Å². The maximum atomic E-state index is 12.8. The molecule has 6 nitrogen and oxygen atoms in total. The van der Waals surface area contributed by atoms with E-state index in [1.165, 1.54) is 0 Å². The average Bonchev–Trinajstić information content (AvgIpc) is 2.71. The monoisotopic (exact) mass is 460 g/mol. The molecule has 0 saturated heterocycles. The van der Waals surface area contributed by atoms with Gasteiger partial charge < -0.3 is 18.6 Å². The number of ether oxygens (including phenoxy) is 3. The maximum Gasteiger partial charge on any atom is 0.344 e. The normalized spacial score (nSPS) is 10.7. The van der Waals surface area contributed by atoms with E-state index in [2.05, 4.69) is 15.9 Å². The molecule has 0 aliphatic rings. The minimum Gasteiger partial charge on any atom is -0.482 e. The topological polar surface area (TPSA) is 75.0 Å². The Balaban J connectivity index is 1.77. The highest BCUT2D eigenvalue weighted by Gasteiger charge is 2.15. The molecule has 0 atom stereocenters. The fourth-order valence-electron chi connectivity index (χ4n) is 2.61. The highest BCUT2D eigenvalue weighted by molar-refractivity contribution is 9.10. The molecule has 0 bridgehead atoms. The van der Waals surface area contributed by atoms with Crippen molar-refractivity contribution in [2.24, 2.45) is 0 Å². The number of unbranched alkanes of at least 4 members (excludes halogenated alkanes) is 1. The van der Waals surface area contributed by atoms with Crippen LogP contribution in [-0.4, -0.2) is 19.2 Å². The zero-order valence-electron chi connectivity index (χ0n) is 16.2. The summed E-state index contributed by atoms with van der Waals surface area (Å²) in [5.41, 5.74) is 0.0738. The standard InChI is InChI=1S/C22H21BrO6/c1-3-4-11-26-20(24)13-27-17-9-10-18-19(12-17)28-14(2)22(21(18)25)29-16-7-5-15(23)6-8-16/h5-10,12H,3-4,11,13H2,1-2H3. The van der Waals surface area contributed by atoms with Crippen LogP contribution in [0.1, 0.15) is 25.5 Å². The molecule has 0 spiro atoms. The van der Waals surface area contributed by atoms with E-state index in [0.29, 0.717) is 34.8 Å². The summed E-state index contributed by atoms with van der Waals surface area (Å²) in [6, 6.07) is 11.9. The van der Waals surface area contributed by atoms with Crippen molar-refractivity contribution in [2.45, 2.75) is 26.7 Å². The quantitative estimate of drug-likeness (QED) is 0.331. The summed E-state index contributed by atoms with van der Waals surface area (Å²) < 4.78 is 22.9. The SMILES string of the molecule is CCCCOC(=O)COc1ccc2c(=O)c(Oc3ccc(Br)cc3)c(C)oc2c1. The van der Waals surface area contributed by atoms with Gasteiger partial charge >= 0.3 is 5.97 Å². The molecule has 3 aromatic rings. The van der Waals surface area contributed by atoms with E-state index in [-0.39, 0.29) is 17.8 Å².